The van der Waals surface area contributed by atoms with Crippen LogP contribution < -0.4 is 16.4 Å². The summed E-state index contributed by atoms with van der Waals surface area (Å²) < 4.78 is 8.16. The van der Waals surface area contributed by atoms with Crippen LogP contribution in [0.2, 0.25) is 0 Å². The van der Waals surface area contributed by atoms with Crippen molar-refractivity contribution in [2.45, 2.75) is 19.9 Å². The lowest BCUT2D eigenvalue weighted by molar-refractivity contribution is 0.0960. The maximum atomic E-state index is 13.0. The van der Waals surface area contributed by atoms with Crippen molar-refractivity contribution in [1.82, 2.24) is 19.3 Å². The van der Waals surface area contributed by atoms with E-state index >= 15 is 0 Å². The Morgan fingerprint density at radius 3 is 2.85 bits per heavy atom. The third kappa shape index (κ3) is 2.88. The number of carbonyl (C=O) groups is 1. The molecule has 0 atom stereocenters. The van der Waals surface area contributed by atoms with Crippen molar-refractivity contribution >= 4 is 22.6 Å². The van der Waals surface area contributed by atoms with Gasteiger partial charge in [-0.05, 0) is 31.0 Å². The van der Waals surface area contributed by atoms with E-state index in [1.54, 1.807) is 23.9 Å². The molecule has 0 aliphatic carbocycles. The lowest BCUT2D eigenvalue weighted by Gasteiger charge is -2.14. The minimum Gasteiger partial charge on any atom is -0.385 e. The summed E-state index contributed by atoms with van der Waals surface area (Å²) in [5, 5.41) is 11.3. The smallest absolute Gasteiger partial charge is 0.267 e. The molecule has 26 heavy (non-hydrogen) atoms. The maximum absolute atomic E-state index is 13.0. The second-order valence-corrected chi connectivity index (χ2v) is 6.02. The number of hydrogen-bond donors (Lipinski definition) is 2. The van der Waals surface area contributed by atoms with Crippen molar-refractivity contribution in [2.75, 3.05) is 20.8 Å². The number of ether oxygens (including phenoxy) is 1. The Hall–Kier alpha value is -3.00. The van der Waals surface area contributed by atoms with Crippen LogP contribution in [0.3, 0.4) is 0 Å². The summed E-state index contributed by atoms with van der Waals surface area (Å²) >= 11 is 0. The van der Waals surface area contributed by atoms with Gasteiger partial charge >= 0.3 is 0 Å². The molecule has 3 aromatic heterocycles. The van der Waals surface area contributed by atoms with Gasteiger partial charge in [-0.1, -0.05) is 6.07 Å². The summed E-state index contributed by atoms with van der Waals surface area (Å²) in [6, 6.07) is 5.11. The van der Waals surface area contributed by atoms with Crippen molar-refractivity contribution in [2.24, 2.45) is 0 Å². The van der Waals surface area contributed by atoms with Crippen LogP contribution in [0.1, 0.15) is 22.3 Å². The zero-order valence-corrected chi connectivity index (χ0v) is 15.0. The fourth-order valence-electron chi connectivity index (χ4n) is 2.99. The molecule has 0 aromatic carbocycles. The fourth-order valence-corrected chi connectivity index (χ4v) is 2.99. The Morgan fingerprint density at radius 1 is 1.38 bits per heavy atom. The number of aromatic nitrogens is 3. The standard InChI is InChI=1S/C18H21N5O3/c1-11-6-4-7-23-15(11)21-16-13(18(23)25)10-12(17(24)20-2)14(19)22(16)8-5-9-26-3/h4,6-7,10,19H,5,8-9H2,1-3H3,(H,20,24). The number of amides is 1. The average molecular weight is 355 g/mol. The van der Waals surface area contributed by atoms with Crippen molar-refractivity contribution in [1.29, 1.82) is 5.41 Å². The molecule has 0 fully saturated rings. The SMILES string of the molecule is CNC(=O)c1cc2c(=O)n3cccc(C)c3nc2n(CCCOC)c1=N. The highest BCUT2D eigenvalue weighted by Crippen LogP contribution is 2.13. The van der Waals surface area contributed by atoms with E-state index in [1.807, 2.05) is 13.0 Å². The van der Waals surface area contributed by atoms with E-state index in [2.05, 4.69) is 10.3 Å². The number of nitrogens with one attached hydrogen (secondary N) is 2. The number of nitrogens with zero attached hydrogens (tertiary/aromatic N) is 3. The van der Waals surface area contributed by atoms with Crippen LogP contribution in [-0.2, 0) is 11.3 Å². The Morgan fingerprint density at radius 2 is 2.15 bits per heavy atom. The molecule has 0 saturated heterocycles. The topological polar surface area (TPSA) is 101 Å². The van der Waals surface area contributed by atoms with Crippen LogP contribution in [-0.4, -0.2) is 40.6 Å². The van der Waals surface area contributed by atoms with E-state index in [4.69, 9.17) is 10.1 Å². The van der Waals surface area contributed by atoms with Crippen LogP contribution in [0, 0.1) is 12.3 Å². The van der Waals surface area contributed by atoms with Gasteiger partial charge in [0, 0.05) is 33.5 Å². The summed E-state index contributed by atoms with van der Waals surface area (Å²) in [6.45, 7) is 2.80. The molecular formula is C18H21N5O3. The van der Waals surface area contributed by atoms with Crippen LogP contribution in [0.15, 0.2) is 29.2 Å². The molecule has 2 N–H and O–H groups in total. The summed E-state index contributed by atoms with van der Waals surface area (Å²) in [7, 11) is 3.10. The van der Waals surface area contributed by atoms with Crippen molar-refractivity contribution in [3.05, 3.63) is 51.4 Å². The maximum Gasteiger partial charge on any atom is 0.267 e. The molecule has 136 valence electrons. The summed E-state index contributed by atoms with van der Waals surface area (Å²) in [5.41, 5.74) is 1.70. The van der Waals surface area contributed by atoms with E-state index in [1.165, 1.54) is 17.5 Å². The third-order valence-corrected chi connectivity index (χ3v) is 4.34. The lowest BCUT2D eigenvalue weighted by atomic mass is 10.2. The predicted molar refractivity (Wildman–Crippen MR) is 97.4 cm³/mol. The van der Waals surface area contributed by atoms with Gasteiger partial charge in [-0.15, -0.1) is 0 Å². The zero-order valence-electron chi connectivity index (χ0n) is 15.0. The van der Waals surface area contributed by atoms with Crippen LogP contribution in [0.25, 0.3) is 16.7 Å². The number of fused-ring (bicyclic) bond motifs is 2. The molecule has 3 heterocycles. The second kappa shape index (κ2) is 7.09. The number of aryl methyl sites for hydroxylation is 2. The lowest BCUT2D eigenvalue weighted by Crippen LogP contribution is -2.34. The quantitative estimate of drug-likeness (QED) is 0.523. The van der Waals surface area contributed by atoms with Gasteiger partial charge in [-0.2, -0.15) is 0 Å². The molecule has 0 unspecified atom stereocenters. The molecule has 0 radical (unpaired) electrons. The second-order valence-electron chi connectivity index (χ2n) is 6.02. The van der Waals surface area contributed by atoms with E-state index < -0.39 is 5.91 Å². The highest BCUT2D eigenvalue weighted by atomic mass is 16.5. The highest BCUT2D eigenvalue weighted by Gasteiger charge is 2.17. The Bertz CT molecular complexity index is 1110. The molecule has 0 aliphatic rings. The molecule has 3 rings (SSSR count). The molecule has 0 bridgehead atoms. The number of hydrogen-bond acceptors (Lipinski definition) is 5. The van der Waals surface area contributed by atoms with Gasteiger partial charge in [-0.25, -0.2) is 4.98 Å². The largest absolute Gasteiger partial charge is 0.385 e. The normalized spacial score (nSPS) is 11.2. The first-order chi connectivity index (χ1) is 12.5. The van der Waals surface area contributed by atoms with Crippen LogP contribution in [0.5, 0.6) is 0 Å². The number of rotatable bonds is 5. The minimum atomic E-state index is -0.411. The zero-order chi connectivity index (χ0) is 18.8. The van der Waals surface area contributed by atoms with E-state index in [0.717, 1.165) is 5.56 Å². The average Bonchev–Trinajstić information content (AvgIpc) is 2.64. The molecular weight excluding hydrogens is 334 g/mol. The molecule has 0 spiro atoms. The number of methoxy groups -OCH3 is 1. The summed E-state index contributed by atoms with van der Waals surface area (Å²) in [6.07, 6.45) is 2.29. The molecule has 3 aromatic rings. The van der Waals surface area contributed by atoms with Gasteiger partial charge in [-0.3, -0.25) is 19.4 Å². The van der Waals surface area contributed by atoms with Gasteiger partial charge < -0.3 is 14.6 Å². The Labute approximate surface area is 149 Å². The Kier molecular flexibility index (Phi) is 4.85. The molecule has 0 saturated carbocycles. The molecule has 8 nitrogen and oxygen atoms in total. The third-order valence-electron chi connectivity index (χ3n) is 4.34. The summed E-state index contributed by atoms with van der Waals surface area (Å²) in [5.74, 6) is -0.411. The Balaban J connectivity index is 2.42. The molecule has 1 amide bonds. The van der Waals surface area contributed by atoms with Crippen LogP contribution in [0.4, 0.5) is 0 Å². The first kappa shape index (κ1) is 17.8. The van der Waals surface area contributed by atoms with Crippen molar-refractivity contribution < 1.29 is 9.53 Å². The summed E-state index contributed by atoms with van der Waals surface area (Å²) in [4.78, 5) is 29.8. The highest BCUT2D eigenvalue weighted by molar-refractivity contribution is 5.96. The van der Waals surface area contributed by atoms with Crippen molar-refractivity contribution in [3.8, 4) is 0 Å². The fraction of sp³-hybridized carbons (Fsp3) is 0.333. The number of carbonyl (C=O) groups excluding carboxylic acids is 1. The first-order valence-electron chi connectivity index (χ1n) is 8.30. The van der Waals surface area contributed by atoms with Gasteiger partial charge in [0.25, 0.3) is 11.5 Å². The van der Waals surface area contributed by atoms with Crippen molar-refractivity contribution in [3.63, 3.8) is 0 Å². The first-order valence-corrected chi connectivity index (χ1v) is 8.30. The predicted octanol–water partition coefficient (Wildman–Crippen LogP) is 0.833. The molecule has 0 aliphatic heterocycles. The number of pyridine rings is 2. The van der Waals surface area contributed by atoms with Gasteiger partial charge in [0.15, 0.2) is 0 Å². The minimum absolute atomic E-state index is 0.0257. The van der Waals surface area contributed by atoms with Crippen LogP contribution >= 0.6 is 0 Å². The van der Waals surface area contributed by atoms with E-state index in [9.17, 15) is 9.59 Å². The van der Waals surface area contributed by atoms with Gasteiger partial charge in [0.1, 0.15) is 16.8 Å². The van der Waals surface area contributed by atoms with Gasteiger partial charge in [0.05, 0.1) is 10.9 Å². The van der Waals surface area contributed by atoms with Gasteiger partial charge in [0.2, 0.25) is 0 Å². The monoisotopic (exact) mass is 355 g/mol. The van der Waals surface area contributed by atoms with E-state index in [-0.39, 0.29) is 16.6 Å². The molecule has 8 heteroatoms. The van der Waals surface area contributed by atoms with E-state index in [0.29, 0.717) is 36.3 Å².